The molecule has 1 aromatic rings. The van der Waals surface area contributed by atoms with E-state index in [1.807, 2.05) is 0 Å². The van der Waals surface area contributed by atoms with Gasteiger partial charge in [-0.25, -0.2) is 0 Å². The molecule has 2 aliphatic rings. The lowest BCUT2D eigenvalue weighted by Crippen LogP contribution is -2.57. The summed E-state index contributed by atoms with van der Waals surface area (Å²) in [6, 6.07) is 12.0. The highest BCUT2D eigenvalue weighted by atomic mass is 16.3. The fourth-order valence-electron chi connectivity index (χ4n) is 4.58. The first-order valence-corrected chi connectivity index (χ1v) is 9.22. The molecular formula is C20H31NO. The Morgan fingerprint density at radius 3 is 2.41 bits per heavy atom. The Hall–Kier alpha value is -0.860. The molecule has 0 aliphatic carbocycles. The Labute approximate surface area is 135 Å². The highest BCUT2D eigenvalue weighted by Gasteiger charge is 2.44. The molecule has 2 heteroatoms. The predicted octanol–water partition coefficient (Wildman–Crippen LogP) is 4.51. The molecule has 0 spiro atoms. The van der Waals surface area contributed by atoms with Crippen molar-refractivity contribution in [2.75, 3.05) is 0 Å². The van der Waals surface area contributed by atoms with Gasteiger partial charge in [-0.1, -0.05) is 62.9 Å². The Balaban J connectivity index is 1.65. The first-order valence-electron chi connectivity index (χ1n) is 9.22. The second kappa shape index (κ2) is 7.14. The standard InChI is InChI=1S/C20H31NO/c1-2-3-7-13-20(22)14-18-11-8-12-19(15-20)21(18)16-17-9-5-4-6-10-17/h4-6,9-10,18-19,22H,2-3,7-8,11-16H2,1H3. The molecule has 2 heterocycles. The van der Waals surface area contributed by atoms with Gasteiger partial charge in [0.25, 0.3) is 0 Å². The summed E-state index contributed by atoms with van der Waals surface area (Å²) >= 11 is 0. The van der Waals surface area contributed by atoms with Crippen molar-refractivity contribution < 1.29 is 5.11 Å². The lowest BCUT2D eigenvalue weighted by atomic mass is 9.73. The number of fused-ring (bicyclic) bond motifs is 2. The molecule has 2 nitrogen and oxygen atoms in total. The van der Waals surface area contributed by atoms with Gasteiger partial charge in [-0.3, -0.25) is 4.90 Å². The molecule has 0 amide bonds. The van der Waals surface area contributed by atoms with Crippen LogP contribution in [0.25, 0.3) is 0 Å². The molecule has 2 unspecified atom stereocenters. The molecule has 2 bridgehead atoms. The summed E-state index contributed by atoms with van der Waals surface area (Å²) in [6.45, 7) is 3.29. The molecule has 2 aliphatic heterocycles. The highest BCUT2D eigenvalue weighted by molar-refractivity contribution is 5.15. The van der Waals surface area contributed by atoms with Crippen LogP contribution < -0.4 is 0 Å². The van der Waals surface area contributed by atoms with Crippen LogP contribution in [0.5, 0.6) is 0 Å². The summed E-state index contributed by atoms with van der Waals surface area (Å²) in [5.41, 5.74) is 1.02. The van der Waals surface area contributed by atoms with Gasteiger partial charge in [-0.05, 0) is 37.7 Å². The van der Waals surface area contributed by atoms with E-state index in [4.69, 9.17) is 0 Å². The van der Waals surface area contributed by atoms with E-state index in [9.17, 15) is 5.11 Å². The Bertz CT molecular complexity index is 444. The topological polar surface area (TPSA) is 23.5 Å². The van der Waals surface area contributed by atoms with Crippen molar-refractivity contribution in [3.05, 3.63) is 35.9 Å². The first-order chi connectivity index (χ1) is 10.7. The van der Waals surface area contributed by atoms with Crippen molar-refractivity contribution in [2.45, 2.75) is 88.9 Å². The fourth-order valence-corrected chi connectivity index (χ4v) is 4.58. The van der Waals surface area contributed by atoms with Crippen LogP contribution in [-0.2, 0) is 6.54 Å². The van der Waals surface area contributed by atoms with Gasteiger partial charge in [0, 0.05) is 18.6 Å². The van der Waals surface area contributed by atoms with E-state index in [0.29, 0.717) is 12.1 Å². The SMILES string of the molecule is CCCCCC1(O)CC2CCCC(C1)N2Cc1ccccc1. The van der Waals surface area contributed by atoms with E-state index in [-0.39, 0.29) is 0 Å². The molecule has 3 rings (SSSR count). The second-order valence-electron chi connectivity index (χ2n) is 7.49. The molecule has 2 saturated heterocycles. The Morgan fingerprint density at radius 2 is 1.77 bits per heavy atom. The van der Waals surface area contributed by atoms with E-state index in [0.717, 1.165) is 25.8 Å². The fraction of sp³-hybridized carbons (Fsp3) is 0.700. The molecule has 0 radical (unpaired) electrons. The summed E-state index contributed by atoms with van der Waals surface area (Å²) in [5, 5.41) is 11.1. The van der Waals surface area contributed by atoms with Crippen molar-refractivity contribution in [3.8, 4) is 0 Å². The largest absolute Gasteiger partial charge is 0.390 e. The maximum absolute atomic E-state index is 11.1. The number of hydrogen-bond acceptors (Lipinski definition) is 2. The van der Waals surface area contributed by atoms with Crippen LogP contribution in [0.1, 0.15) is 70.3 Å². The van der Waals surface area contributed by atoms with Crippen LogP contribution >= 0.6 is 0 Å². The number of nitrogens with zero attached hydrogens (tertiary/aromatic N) is 1. The van der Waals surface area contributed by atoms with Crippen LogP contribution in [0.15, 0.2) is 30.3 Å². The maximum atomic E-state index is 11.1. The van der Waals surface area contributed by atoms with Crippen LogP contribution in [0.2, 0.25) is 0 Å². The van der Waals surface area contributed by atoms with Crippen molar-refractivity contribution in [2.24, 2.45) is 0 Å². The van der Waals surface area contributed by atoms with Gasteiger partial charge in [-0.2, -0.15) is 0 Å². The van der Waals surface area contributed by atoms with Crippen molar-refractivity contribution in [1.29, 1.82) is 0 Å². The maximum Gasteiger partial charge on any atom is 0.0677 e. The van der Waals surface area contributed by atoms with E-state index < -0.39 is 5.60 Å². The molecule has 0 saturated carbocycles. The molecule has 22 heavy (non-hydrogen) atoms. The van der Waals surface area contributed by atoms with Gasteiger partial charge in [0.2, 0.25) is 0 Å². The minimum absolute atomic E-state index is 0.391. The number of benzene rings is 1. The number of unbranched alkanes of at least 4 members (excludes halogenated alkanes) is 2. The van der Waals surface area contributed by atoms with Gasteiger partial charge in [-0.15, -0.1) is 0 Å². The average Bonchev–Trinajstić information content (AvgIpc) is 2.50. The van der Waals surface area contributed by atoms with Gasteiger partial charge in [0.05, 0.1) is 5.60 Å². The van der Waals surface area contributed by atoms with Crippen LogP contribution in [-0.4, -0.2) is 27.7 Å². The van der Waals surface area contributed by atoms with Crippen LogP contribution in [0.4, 0.5) is 0 Å². The molecule has 2 atom stereocenters. The number of aliphatic hydroxyl groups is 1. The summed E-state index contributed by atoms with van der Waals surface area (Å²) in [6.07, 6.45) is 10.5. The lowest BCUT2D eigenvalue weighted by Gasteiger charge is -2.52. The molecular weight excluding hydrogens is 270 g/mol. The monoisotopic (exact) mass is 301 g/mol. The number of hydrogen-bond donors (Lipinski definition) is 1. The van der Waals surface area contributed by atoms with Gasteiger partial charge < -0.3 is 5.11 Å². The van der Waals surface area contributed by atoms with Gasteiger partial charge in [0.15, 0.2) is 0 Å². The number of piperidine rings is 2. The third kappa shape index (κ3) is 3.72. The average molecular weight is 301 g/mol. The van der Waals surface area contributed by atoms with Crippen LogP contribution in [0, 0.1) is 0 Å². The van der Waals surface area contributed by atoms with Crippen molar-refractivity contribution in [3.63, 3.8) is 0 Å². The molecule has 0 aromatic heterocycles. The van der Waals surface area contributed by atoms with E-state index in [1.165, 1.54) is 44.1 Å². The molecule has 2 fully saturated rings. The summed E-state index contributed by atoms with van der Waals surface area (Å²) in [4.78, 5) is 2.69. The molecule has 1 aromatic carbocycles. The smallest absolute Gasteiger partial charge is 0.0677 e. The third-order valence-corrected chi connectivity index (χ3v) is 5.70. The summed E-state index contributed by atoms with van der Waals surface area (Å²) in [7, 11) is 0. The molecule has 122 valence electrons. The van der Waals surface area contributed by atoms with E-state index >= 15 is 0 Å². The second-order valence-corrected chi connectivity index (χ2v) is 7.49. The zero-order valence-electron chi connectivity index (χ0n) is 14.0. The van der Waals surface area contributed by atoms with Crippen LogP contribution in [0.3, 0.4) is 0 Å². The Kier molecular flexibility index (Phi) is 5.20. The zero-order valence-corrected chi connectivity index (χ0v) is 14.0. The minimum atomic E-state index is -0.391. The van der Waals surface area contributed by atoms with E-state index in [1.54, 1.807) is 0 Å². The minimum Gasteiger partial charge on any atom is -0.390 e. The van der Waals surface area contributed by atoms with E-state index in [2.05, 4.69) is 42.2 Å². The molecule has 1 N–H and O–H groups in total. The first kappa shape index (κ1) is 16.0. The zero-order chi connectivity index (χ0) is 15.4. The van der Waals surface area contributed by atoms with Crippen molar-refractivity contribution >= 4 is 0 Å². The summed E-state index contributed by atoms with van der Waals surface area (Å²) < 4.78 is 0. The highest BCUT2D eigenvalue weighted by Crippen LogP contribution is 2.42. The van der Waals surface area contributed by atoms with Crippen molar-refractivity contribution in [1.82, 2.24) is 4.90 Å². The van der Waals surface area contributed by atoms with Gasteiger partial charge in [0.1, 0.15) is 0 Å². The summed E-state index contributed by atoms with van der Waals surface area (Å²) in [5.74, 6) is 0. The predicted molar refractivity (Wildman–Crippen MR) is 91.7 cm³/mol. The Morgan fingerprint density at radius 1 is 1.09 bits per heavy atom. The lowest BCUT2D eigenvalue weighted by molar-refractivity contribution is -0.0999. The van der Waals surface area contributed by atoms with Gasteiger partial charge >= 0.3 is 0 Å². The third-order valence-electron chi connectivity index (χ3n) is 5.70. The number of rotatable bonds is 6. The quantitative estimate of drug-likeness (QED) is 0.781. The normalized spacial score (nSPS) is 32.1.